The van der Waals surface area contributed by atoms with Gasteiger partial charge < -0.3 is 5.32 Å². The molecule has 0 atom stereocenters. The van der Waals surface area contributed by atoms with E-state index in [-0.39, 0.29) is 16.2 Å². The Bertz CT molecular complexity index is 1500. The second-order valence-corrected chi connectivity index (χ2v) is 9.59. The molecule has 0 aliphatic carbocycles. The molecule has 34 heavy (non-hydrogen) atoms. The fraction of sp³-hybridized carbons (Fsp3) is 0.231. The third-order valence-electron chi connectivity index (χ3n) is 6.24. The van der Waals surface area contributed by atoms with Gasteiger partial charge in [-0.1, -0.05) is 36.4 Å². The van der Waals surface area contributed by atoms with E-state index in [9.17, 15) is 14.9 Å². The van der Waals surface area contributed by atoms with Crippen molar-refractivity contribution in [2.24, 2.45) is 0 Å². The molecule has 0 saturated heterocycles. The number of benzene rings is 2. The van der Waals surface area contributed by atoms with Gasteiger partial charge in [0.15, 0.2) is 0 Å². The molecule has 0 fully saturated rings. The Morgan fingerprint density at radius 2 is 1.97 bits per heavy atom. The third-order valence-corrected chi connectivity index (χ3v) is 7.24. The van der Waals surface area contributed by atoms with Gasteiger partial charge in [0.1, 0.15) is 16.3 Å². The Balaban J connectivity index is 1.70. The van der Waals surface area contributed by atoms with E-state index in [0.717, 1.165) is 51.2 Å². The highest BCUT2D eigenvalue weighted by Crippen LogP contribution is 2.37. The number of nitrogens with zero attached hydrogens (tertiary/aromatic N) is 3. The van der Waals surface area contributed by atoms with Crippen molar-refractivity contribution < 1.29 is 4.92 Å². The van der Waals surface area contributed by atoms with Gasteiger partial charge in [-0.2, -0.15) is 0 Å². The Morgan fingerprint density at radius 1 is 1.18 bits per heavy atom. The first-order valence-corrected chi connectivity index (χ1v) is 12.1. The molecule has 0 radical (unpaired) electrons. The smallest absolute Gasteiger partial charge is 0.292 e. The molecular formula is C26H24N4O3S. The quantitative estimate of drug-likeness (QED) is 0.286. The normalized spacial score (nSPS) is 14.7. The van der Waals surface area contributed by atoms with Crippen LogP contribution in [0.4, 0.5) is 11.4 Å². The van der Waals surface area contributed by atoms with E-state index >= 15 is 0 Å². The summed E-state index contributed by atoms with van der Waals surface area (Å²) in [7, 11) is 1.66. The van der Waals surface area contributed by atoms with Crippen molar-refractivity contribution in [2.75, 3.05) is 12.4 Å². The highest BCUT2D eigenvalue weighted by atomic mass is 32.1. The van der Waals surface area contributed by atoms with Crippen molar-refractivity contribution >= 4 is 44.6 Å². The number of aryl methyl sites for hydroxylation is 1. The van der Waals surface area contributed by atoms with E-state index in [1.165, 1.54) is 11.3 Å². The number of hydrogen-bond donors (Lipinski definition) is 1. The number of nitro benzene ring substituents is 1. The maximum atomic E-state index is 13.8. The number of hydrogen-bond acceptors (Lipinski definition) is 6. The molecule has 0 amide bonds. The molecule has 7 nitrogen and oxygen atoms in total. The Hall–Kier alpha value is -3.78. The molecule has 1 N–H and O–H groups in total. The lowest BCUT2D eigenvalue weighted by atomic mass is 10.0. The number of aromatic nitrogens is 2. The average molecular weight is 473 g/mol. The first kappa shape index (κ1) is 22.0. The summed E-state index contributed by atoms with van der Waals surface area (Å²) in [6.45, 7) is 2.64. The summed E-state index contributed by atoms with van der Waals surface area (Å²) >= 11 is 1.54. The van der Waals surface area contributed by atoms with E-state index in [1.807, 2.05) is 49.4 Å². The summed E-state index contributed by atoms with van der Waals surface area (Å²) in [5.74, 6) is 0.663. The Morgan fingerprint density at radius 3 is 2.71 bits per heavy atom. The monoisotopic (exact) mass is 472 g/mol. The molecule has 0 saturated carbocycles. The van der Waals surface area contributed by atoms with Gasteiger partial charge in [0, 0.05) is 30.1 Å². The number of anilines is 1. The molecule has 4 aromatic rings. The lowest BCUT2D eigenvalue weighted by molar-refractivity contribution is -0.383. The van der Waals surface area contributed by atoms with E-state index in [0.29, 0.717) is 23.4 Å². The average Bonchev–Trinajstić information content (AvgIpc) is 3.05. The minimum Gasteiger partial charge on any atom is -0.383 e. The van der Waals surface area contributed by atoms with E-state index in [4.69, 9.17) is 4.98 Å². The van der Waals surface area contributed by atoms with E-state index in [1.54, 1.807) is 23.7 Å². The summed E-state index contributed by atoms with van der Waals surface area (Å²) in [5, 5.41) is 15.0. The minimum atomic E-state index is -0.388. The molecule has 0 unspecified atom stereocenters. The molecule has 2 aromatic carbocycles. The number of fused-ring (bicyclic) bond motifs is 2. The number of nitro groups is 1. The minimum absolute atomic E-state index is 0.0208. The topological polar surface area (TPSA) is 90.1 Å². The maximum Gasteiger partial charge on any atom is 0.292 e. The van der Waals surface area contributed by atoms with Crippen LogP contribution in [0.3, 0.4) is 0 Å². The first-order chi connectivity index (χ1) is 16.5. The highest BCUT2D eigenvalue weighted by Gasteiger charge is 2.23. The van der Waals surface area contributed by atoms with Crippen molar-refractivity contribution in [2.45, 2.75) is 32.7 Å². The molecule has 0 spiro atoms. The van der Waals surface area contributed by atoms with Crippen LogP contribution < -0.4 is 10.9 Å². The van der Waals surface area contributed by atoms with E-state index < -0.39 is 0 Å². The molecule has 172 valence electrons. The molecule has 5 rings (SSSR count). The van der Waals surface area contributed by atoms with Gasteiger partial charge in [0.25, 0.3) is 11.2 Å². The van der Waals surface area contributed by atoms with Crippen LogP contribution in [-0.2, 0) is 6.54 Å². The van der Waals surface area contributed by atoms with Crippen LogP contribution in [0.25, 0.3) is 33.0 Å². The third kappa shape index (κ3) is 3.80. The molecule has 2 aromatic heterocycles. The summed E-state index contributed by atoms with van der Waals surface area (Å²) in [6.07, 6.45) is 4.49. The van der Waals surface area contributed by atoms with Gasteiger partial charge in [0.05, 0.1) is 10.3 Å². The van der Waals surface area contributed by atoms with Gasteiger partial charge in [-0.15, -0.1) is 11.3 Å². The summed E-state index contributed by atoms with van der Waals surface area (Å²) in [4.78, 5) is 31.7. The van der Waals surface area contributed by atoms with Crippen LogP contribution in [0.5, 0.6) is 0 Å². The zero-order valence-electron chi connectivity index (χ0n) is 19.0. The summed E-state index contributed by atoms with van der Waals surface area (Å²) < 4.78 is 1.79. The van der Waals surface area contributed by atoms with Crippen LogP contribution in [0.1, 0.15) is 35.5 Å². The second-order valence-electron chi connectivity index (χ2n) is 8.38. The molecule has 8 heteroatoms. The zero-order valence-corrected chi connectivity index (χ0v) is 19.8. The van der Waals surface area contributed by atoms with Gasteiger partial charge in [-0.3, -0.25) is 19.5 Å². The van der Waals surface area contributed by atoms with Crippen LogP contribution in [-0.4, -0.2) is 21.5 Å². The predicted molar refractivity (Wildman–Crippen MR) is 138 cm³/mol. The second kappa shape index (κ2) is 8.87. The largest absolute Gasteiger partial charge is 0.383 e. The molecule has 1 aliphatic rings. The molecule has 3 heterocycles. The van der Waals surface area contributed by atoms with Crippen molar-refractivity contribution in [1.29, 1.82) is 0 Å². The fourth-order valence-corrected chi connectivity index (χ4v) is 5.67. The highest BCUT2D eigenvalue weighted by molar-refractivity contribution is 7.19. The summed E-state index contributed by atoms with van der Waals surface area (Å²) in [6, 6.07) is 15.1. The number of nitrogens with one attached hydrogen (secondary N) is 1. The SMILES string of the molecule is CNc1ccc(/C=C2/CCCCn3c2nc2sc(C)c(-c4ccccc4)c2c3=O)cc1[N+](=O)[O-]. The van der Waals surface area contributed by atoms with Gasteiger partial charge in [0.2, 0.25) is 0 Å². The Kier molecular flexibility index (Phi) is 5.75. The number of rotatable bonds is 4. The fourth-order valence-electron chi connectivity index (χ4n) is 4.64. The summed E-state index contributed by atoms with van der Waals surface area (Å²) in [5.41, 5.74) is 4.09. The Labute approximate surface area is 200 Å². The van der Waals surface area contributed by atoms with Gasteiger partial charge in [-0.05, 0) is 55.0 Å². The maximum absolute atomic E-state index is 13.8. The lowest BCUT2D eigenvalue weighted by Gasteiger charge is -2.12. The van der Waals surface area contributed by atoms with Crippen molar-refractivity contribution in [3.8, 4) is 11.1 Å². The van der Waals surface area contributed by atoms with Gasteiger partial charge in [-0.25, -0.2) is 4.98 Å². The van der Waals surface area contributed by atoms with Crippen molar-refractivity contribution in [3.63, 3.8) is 0 Å². The number of thiophene rings is 1. The molecular weight excluding hydrogens is 448 g/mol. The predicted octanol–water partition coefficient (Wildman–Crippen LogP) is 6.11. The zero-order chi connectivity index (χ0) is 23.8. The molecule has 1 aliphatic heterocycles. The van der Waals surface area contributed by atoms with Crippen LogP contribution in [0.2, 0.25) is 0 Å². The van der Waals surface area contributed by atoms with Gasteiger partial charge >= 0.3 is 0 Å². The van der Waals surface area contributed by atoms with Crippen LogP contribution in [0.15, 0.2) is 53.3 Å². The van der Waals surface area contributed by atoms with E-state index in [2.05, 4.69) is 5.32 Å². The first-order valence-electron chi connectivity index (χ1n) is 11.2. The van der Waals surface area contributed by atoms with Crippen LogP contribution in [0, 0.1) is 17.0 Å². The standard InChI is InChI=1S/C26H24N4O3S/c1-16-22(18-8-4-3-5-9-18)23-25(34-16)28-24-19(10-6-7-13-29(24)26(23)31)14-17-11-12-20(27-2)21(15-17)30(32)33/h3-5,8-9,11-12,14-15,27H,6-7,10,13H2,1-2H3/b19-14-. The van der Waals surface area contributed by atoms with Crippen molar-refractivity contribution in [3.05, 3.63) is 85.3 Å². The lowest BCUT2D eigenvalue weighted by Crippen LogP contribution is -2.24. The molecule has 0 bridgehead atoms. The van der Waals surface area contributed by atoms with Crippen molar-refractivity contribution in [1.82, 2.24) is 9.55 Å². The number of allylic oxidation sites excluding steroid dienone is 1. The van der Waals surface area contributed by atoms with Crippen LogP contribution >= 0.6 is 11.3 Å².